The molecule has 1 aromatic carbocycles. The third-order valence-corrected chi connectivity index (χ3v) is 3.42. The summed E-state index contributed by atoms with van der Waals surface area (Å²) in [5.74, 6) is -9.30. The molecule has 2 N–H and O–H groups in total. The fourth-order valence-corrected chi connectivity index (χ4v) is 2.28. The maximum Gasteiger partial charge on any atom is 0.308 e. The summed E-state index contributed by atoms with van der Waals surface area (Å²) in [4.78, 5) is 24.1. The van der Waals surface area contributed by atoms with Gasteiger partial charge in [-0.2, -0.15) is 4.39 Å². The lowest BCUT2D eigenvalue weighted by Gasteiger charge is -2.30. The Morgan fingerprint density at radius 3 is 2.52 bits per heavy atom. The molecule has 1 amide bonds. The van der Waals surface area contributed by atoms with Crippen molar-refractivity contribution in [3.05, 3.63) is 29.1 Å². The number of carbonyl (C=O) groups excluding carboxylic acids is 1. The molecule has 1 aliphatic rings. The van der Waals surface area contributed by atoms with Crippen LogP contribution in [0.3, 0.4) is 0 Å². The average Bonchev–Trinajstić information content (AvgIpc) is 2.48. The number of hydrogen-bond donors (Lipinski definition) is 2. The first-order valence-electron chi connectivity index (χ1n) is 6.21. The fourth-order valence-electron chi connectivity index (χ4n) is 2.28. The van der Waals surface area contributed by atoms with E-state index < -0.39 is 46.6 Å². The predicted octanol–water partition coefficient (Wildman–Crippen LogP) is 1.75. The van der Waals surface area contributed by atoms with Crippen LogP contribution in [-0.4, -0.2) is 40.1 Å². The van der Waals surface area contributed by atoms with Gasteiger partial charge in [0.2, 0.25) is 5.82 Å². The van der Waals surface area contributed by atoms with Crippen LogP contribution in [0.1, 0.15) is 23.2 Å². The summed E-state index contributed by atoms with van der Waals surface area (Å²) in [7, 11) is 0. The molecule has 1 heterocycles. The molecule has 1 fully saturated rings. The standard InChI is InChI=1S/C13H12F3NO4/c14-8-4-7(9(15)11(18)10(8)16)12(19)17-3-1-2-6(5-17)13(20)21/h4,6,18H,1-3,5H2,(H,20,21)/t6-/m1/s1. The second kappa shape index (κ2) is 5.63. The molecule has 5 nitrogen and oxygen atoms in total. The highest BCUT2D eigenvalue weighted by Gasteiger charge is 2.31. The summed E-state index contributed by atoms with van der Waals surface area (Å²) >= 11 is 0. The largest absolute Gasteiger partial charge is 0.503 e. The van der Waals surface area contributed by atoms with Crippen LogP contribution in [0.2, 0.25) is 0 Å². The average molecular weight is 303 g/mol. The van der Waals surface area contributed by atoms with Crippen LogP contribution in [-0.2, 0) is 4.79 Å². The number of amides is 1. The number of nitrogens with zero attached hydrogens (tertiary/aromatic N) is 1. The molecule has 0 saturated carbocycles. The van der Waals surface area contributed by atoms with Crippen molar-refractivity contribution < 1.29 is 33.0 Å². The number of phenols is 1. The van der Waals surface area contributed by atoms with Gasteiger partial charge in [0.25, 0.3) is 5.91 Å². The lowest BCUT2D eigenvalue weighted by molar-refractivity contribution is -0.143. The number of likely N-dealkylation sites (tertiary alicyclic amines) is 1. The number of aromatic hydroxyl groups is 1. The zero-order valence-electron chi connectivity index (χ0n) is 10.8. The number of halogens is 3. The van der Waals surface area contributed by atoms with E-state index in [1.165, 1.54) is 0 Å². The molecule has 21 heavy (non-hydrogen) atoms. The Kier molecular flexibility index (Phi) is 4.06. The van der Waals surface area contributed by atoms with E-state index in [9.17, 15) is 22.8 Å². The van der Waals surface area contributed by atoms with Crippen molar-refractivity contribution >= 4 is 11.9 Å². The van der Waals surface area contributed by atoms with Crippen molar-refractivity contribution in [2.24, 2.45) is 5.92 Å². The Hall–Kier alpha value is -2.25. The van der Waals surface area contributed by atoms with Crippen LogP contribution in [0.25, 0.3) is 0 Å². The van der Waals surface area contributed by atoms with Crippen molar-refractivity contribution in [3.8, 4) is 5.75 Å². The van der Waals surface area contributed by atoms with Gasteiger partial charge in [-0.05, 0) is 18.9 Å². The third-order valence-electron chi connectivity index (χ3n) is 3.42. The van der Waals surface area contributed by atoms with E-state index in [0.717, 1.165) is 4.90 Å². The molecule has 1 atom stereocenters. The van der Waals surface area contributed by atoms with Gasteiger partial charge in [0, 0.05) is 13.1 Å². The number of benzene rings is 1. The van der Waals surface area contributed by atoms with Crippen molar-refractivity contribution in [1.29, 1.82) is 0 Å². The monoisotopic (exact) mass is 303 g/mol. The SMILES string of the molecule is O=C(O)[C@@H]1CCCN(C(=O)c2cc(F)c(F)c(O)c2F)C1. The smallest absolute Gasteiger partial charge is 0.308 e. The first kappa shape index (κ1) is 15.1. The second-order valence-electron chi connectivity index (χ2n) is 4.81. The van der Waals surface area contributed by atoms with Gasteiger partial charge in [0.1, 0.15) is 0 Å². The Morgan fingerprint density at radius 2 is 1.90 bits per heavy atom. The van der Waals surface area contributed by atoms with E-state index in [4.69, 9.17) is 10.2 Å². The highest BCUT2D eigenvalue weighted by Crippen LogP contribution is 2.28. The minimum Gasteiger partial charge on any atom is -0.503 e. The quantitative estimate of drug-likeness (QED) is 0.816. The van der Waals surface area contributed by atoms with Crippen LogP contribution >= 0.6 is 0 Å². The van der Waals surface area contributed by atoms with Gasteiger partial charge in [0.05, 0.1) is 11.5 Å². The summed E-state index contributed by atoms with van der Waals surface area (Å²) in [6.07, 6.45) is 0.782. The summed E-state index contributed by atoms with van der Waals surface area (Å²) < 4.78 is 39.8. The van der Waals surface area contributed by atoms with Crippen LogP contribution < -0.4 is 0 Å². The van der Waals surface area contributed by atoms with Crippen LogP contribution in [0, 0.1) is 23.4 Å². The van der Waals surface area contributed by atoms with Gasteiger partial charge in [-0.25, -0.2) is 8.78 Å². The van der Waals surface area contributed by atoms with E-state index >= 15 is 0 Å². The minimum atomic E-state index is -1.77. The van der Waals surface area contributed by atoms with Crippen LogP contribution in [0.15, 0.2) is 6.07 Å². The van der Waals surface area contributed by atoms with Crippen molar-refractivity contribution in [3.63, 3.8) is 0 Å². The molecule has 0 spiro atoms. The molecule has 0 radical (unpaired) electrons. The second-order valence-corrected chi connectivity index (χ2v) is 4.81. The number of carboxylic acid groups (broad SMARTS) is 1. The van der Waals surface area contributed by atoms with Gasteiger partial charge in [0.15, 0.2) is 17.4 Å². The first-order valence-corrected chi connectivity index (χ1v) is 6.21. The number of carboxylic acids is 1. The van der Waals surface area contributed by atoms with Gasteiger partial charge in [-0.1, -0.05) is 0 Å². The molecule has 0 unspecified atom stereocenters. The maximum atomic E-state index is 13.7. The number of hydrogen-bond acceptors (Lipinski definition) is 3. The lowest BCUT2D eigenvalue weighted by atomic mass is 9.97. The summed E-state index contributed by atoms with van der Waals surface area (Å²) in [6, 6.07) is 0.358. The molecule has 2 rings (SSSR count). The van der Waals surface area contributed by atoms with E-state index in [0.29, 0.717) is 18.9 Å². The number of carbonyl (C=O) groups is 2. The molecule has 114 valence electrons. The Morgan fingerprint density at radius 1 is 1.24 bits per heavy atom. The van der Waals surface area contributed by atoms with Crippen molar-refractivity contribution in [2.75, 3.05) is 13.1 Å². The van der Waals surface area contributed by atoms with E-state index in [1.54, 1.807) is 0 Å². The molecule has 1 aliphatic heterocycles. The Bertz CT molecular complexity index is 606. The number of phenolic OH excluding ortho intramolecular Hbond substituents is 1. The third kappa shape index (κ3) is 2.79. The molecule has 0 aliphatic carbocycles. The van der Waals surface area contributed by atoms with Gasteiger partial charge in [-0.3, -0.25) is 9.59 Å². The molecule has 0 bridgehead atoms. The first-order chi connectivity index (χ1) is 9.82. The highest BCUT2D eigenvalue weighted by molar-refractivity contribution is 5.95. The van der Waals surface area contributed by atoms with Crippen molar-refractivity contribution in [1.82, 2.24) is 4.90 Å². The number of aliphatic carboxylic acids is 1. The molecule has 1 saturated heterocycles. The molecular weight excluding hydrogens is 291 g/mol. The van der Waals surface area contributed by atoms with E-state index in [2.05, 4.69) is 0 Å². The van der Waals surface area contributed by atoms with Crippen LogP contribution in [0.5, 0.6) is 5.75 Å². The zero-order chi connectivity index (χ0) is 15.7. The summed E-state index contributed by atoms with van der Waals surface area (Å²) in [6.45, 7) is 0.0369. The zero-order valence-corrected chi connectivity index (χ0v) is 10.8. The minimum absolute atomic E-state index is 0.145. The van der Waals surface area contributed by atoms with Gasteiger partial charge in [-0.15, -0.1) is 0 Å². The fraction of sp³-hybridized carbons (Fsp3) is 0.385. The van der Waals surface area contributed by atoms with E-state index in [-0.39, 0.29) is 13.1 Å². The molecule has 0 aromatic heterocycles. The summed E-state index contributed by atoms with van der Waals surface area (Å²) in [5, 5.41) is 18.0. The normalized spacial score (nSPS) is 18.6. The van der Waals surface area contributed by atoms with Gasteiger partial charge < -0.3 is 15.1 Å². The van der Waals surface area contributed by atoms with Crippen molar-refractivity contribution in [2.45, 2.75) is 12.8 Å². The molecule has 8 heteroatoms. The predicted molar refractivity (Wildman–Crippen MR) is 64.2 cm³/mol. The number of piperidine rings is 1. The maximum absolute atomic E-state index is 13.7. The van der Waals surface area contributed by atoms with Crippen LogP contribution in [0.4, 0.5) is 13.2 Å². The summed E-state index contributed by atoms with van der Waals surface area (Å²) in [5.41, 5.74) is -0.822. The highest BCUT2D eigenvalue weighted by atomic mass is 19.2. The Labute approximate surface area is 117 Å². The molecule has 1 aromatic rings. The topological polar surface area (TPSA) is 77.8 Å². The number of rotatable bonds is 2. The Balaban J connectivity index is 2.30. The van der Waals surface area contributed by atoms with E-state index in [1.807, 2.05) is 0 Å². The lowest BCUT2D eigenvalue weighted by Crippen LogP contribution is -2.42. The molecular formula is C13H12F3NO4. The van der Waals surface area contributed by atoms with Gasteiger partial charge >= 0.3 is 5.97 Å².